The number of hydrazone groups is 1. The number of ether oxygens (including phenoxy) is 1. The number of amides is 1. The summed E-state index contributed by atoms with van der Waals surface area (Å²) in [4.78, 5) is 23.4. The predicted octanol–water partition coefficient (Wildman–Crippen LogP) is 4.72. The van der Waals surface area contributed by atoms with E-state index in [0.29, 0.717) is 32.6 Å². The molecule has 0 N–H and O–H groups in total. The molecule has 3 rings (SSSR count). The molecule has 2 aromatic carbocycles. The first-order chi connectivity index (χ1) is 12.8. The molecule has 1 aliphatic heterocycles. The Balaban J connectivity index is 1.97. The maximum atomic E-state index is 12.8. The first kappa shape index (κ1) is 18.9. The Morgan fingerprint density at radius 1 is 1.19 bits per heavy atom. The molecule has 0 atom stereocenters. The van der Waals surface area contributed by atoms with Crippen LogP contribution in [0.3, 0.4) is 0 Å². The Kier molecular flexibility index (Phi) is 5.16. The molecule has 138 valence electrons. The molecule has 0 saturated heterocycles. The molecule has 1 aliphatic rings. The Hall–Kier alpha value is -2.90. The first-order valence-corrected chi connectivity index (χ1v) is 8.46. The second kappa shape index (κ2) is 7.38. The average Bonchev–Trinajstić information content (AvgIpc) is 2.92. The van der Waals surface area contributed by atoms with Crippen molar-refractivity contribution in [1.29, 1.82) is 0 Å². The van der Waals surface area contributed by atoms with E-state index >= 15 is 0 Å². The van der Waals surface area contributed by atoms with Gasteiger partial charge in [0.05, 0.1) is 39.1 Å². The van der Waals surface area contributed by atoms with Gasteiger partial charge in [-0.25, -0.2) is 0 Å². The standard InChI is InChI=1S/C18H13Cl2N3O4/c1-10-13(7-11-3-6-17(27-2)16(8-11)23(25)26)18(24)22(21-10)12-4-5-14(19)15(20)9-12/h3-9H,1-2H3/b13-7+. The van der Waals surface area contributed by atoms with E-state index in [1.54, 1.807) is 37.3 Å². The van der Waals surface area contributed by atoms with E-state index in [1.807, 2.05) is 0 Å². The number of nitro benzene ring substituents is 1. The lowest BCUT2D eigenvalue weighted by molar-refractivity contribution is -0.385. The van der Waals surface area contributed by atoms with Crippen molar-refractivity contribution in [3.63, 3.8) is 0 Å². The van der Waals surface area contributed by atoms with Gasteiger partial charge < -0.3 is 4.74 Å². The van der Waals surface area contributed by atoms with Gasteiger partial charge in [-0.05, 0) is 42.8 Å². The molecule has 7 nitrogen and oxygen atoms in total. The number of nitro groups is 1. The fourth-order valence-corrected chi connectivity index (χ4v) is 2.87. The molecule has 1 heterocycles. The molecular weight excluding hydrogens is 393 g/mol. The van der Waals surface area contributed by atoms with Gasteiger partial charge in [-0.1, -0.05) is 29.3 Å². The number of methoxy groups -OCH3 is 1. The number of hydrogen-bond acceptors (Lipinski definition) is 5. The molecule has 1 amide bonds. The van der Waals surface area contributed by atoms with E-state index in [9.17, 15) is 14.9 Å². The van der Waals surface area contributed by atoms with E-state index in [4.69, 9.17) is 27.9 Å². The van der Waals surface area contributed by atoms with E-state index in [2.05, 4.69) is 5.10 Å². The lowest BCUT2D eigenvalue weighted by atomic mass is 10.1. The molecular formula is C18H13Cl2N3O4. The fourth-order valence-electron chi connectivity index (χ4n) is 2.58. The van der Waals surface area contributed by atoms with Crippen molar-refractivity contribution >= 4 is 52.3 Å². The number of rotatable bonds is 4. The summed E-state index contributed by atoms with van der Waals surface area (Å²) in [6.45, 7) is 1.68. The first-order valence-electron chi connectivity index (χ1n) is 7.71. The average molecular weight is 406 g/mol. The van der Waals surface area contributed by atoms with Crippen molar-refractivity contribution in [1.82, 2.24) is 0 Å². The number of hydrogen-bond donors (Lipinski definition) is 0. The van der Waals surface area contributed by atoms with Crippen molar-refractivity contribution < 1.29 is 14.5 Å². The SMILES string of the molecule is COc1ccc(/C=C2/C(=O)N(c3ccc(Cl)c(Cl)c3)N=C2C)cc1[N+](=O)[O-]. The summed E-state index contributed by atoms with van der Waals surface area (Å²) in [6.07, 6.45) is 1.55. The number of nitrogens with zero attached hydrogens (tertiary/aromatic N) is 3. The molecule has 0 fully saturated rings. The van der Waals surface area contributed by atoms with Crippen molar-refractivity contribution in [2.45, 2.75) is 6.92 Å². The highest BCUT2D eigenvalue weighted by Gasteiger charge is 2.29. The molecule has 27 heavy (non-hydrogen) atoms. The summed E-state index contributed by atoms with van der Waals surface area (Å²) in [5.41, 5.74) is 1.56. The third kappa shape index (κ3) is 3.65. The van der Waals surface area contributed by atoms with Gasteiger partial charge >= 0.3 is 5.69 Å². The van der Waals surface area contributed by atoms with Crippen LogP contribution in [0.15, 0.2) is 47.1 Å². The minimum absolute atomic E-state index is 0.141. The minimum Gasteiger partial charge on any atom is -0.490 e. The maximum Gasteiger partial charge on any atom is 0.311 e. The normalized spacial score (nSPS) is 15.3. The topological polar surface area (TPSA) is 85.0 Å². The lowest BCUT2D eigenvalue weighted by Gasteiger charge is -2.12. The van der Waals surface area contributed by atoms with Crippen molar-refractivity contribution in [2.75, 3.05) is 12.1 Å². The number of halogens is 2. The van der Waals surface area contributed by atoms with Gasteiger partial charge in [-0.2, -0.15) is 10.1 Å². The predicted molar refractivity (Wildman–Crippen MR) is 105 cm³/mol. The Morgan fingerprint density at radius 3 is 2.56 bits per heavy atom. The third-order valence-corrected chi connectivity index (χ3v) is 4.66. The van der Waals surface area contributed by atoms with Crippen molar-refractivity contribution in [3.05, 3.63) is 67.7 Å². The molecule has 2 aromatic rings. The van der Waals surface area contributed by atoms with Crippen LogP contribution < -0.4 is 9.75 Å². The van der Waals surface area contributed by atoms with Crippen molar-refractivity contribution in [2.24, 2.45) is 5.10 Å². The van der Waals surface area contributed by atoms with Crippen molar-refractivity contribution in [3.8, 4) is 5.75 Å². The van der Waals surface area contributed by atoms with Gasteiger partial charge in [0.15, 0.2) is 5.75 Å². The number of carbonyl (C=O) groups is 1. The zero-order valence-corrected chi connectivity index (χ0v) is 15.8. The molecule has 9 heteroatoms. The Morgan fingerprint density at radius 2 is 1.93 bits per heavy atom. The van der Waals surface area contributed by atoms with Gasteiger partial charge in [-0.15, -0.1) is 0 Å². The van der Waals surface area contributed by atoms with Crippen LogP contribution in [-0.2, 0) is 4.79 Å². The highest BCUT2D eigenvalue weighted by molar-refractivity contribution is 6.42. The van der Waals surface area contributed by atoms with Gasteiger partial charge in [0.1, 0.15) is 0 Å². The van der Waals surface area contributed by atoms with Crippen LogP contribution in [0.5, 0.6) is 5.75 Å². The van der Waals surface area contributed by atoms with E-state index in [-0.39, 0.29) is 17.3 Å². The van der Waals surface area contributed by atoms with E-state index in [0.717, 1.165) is 0 Å². The number of benzene rings is 2. The molecule has 0 bridgehead atoms. The summed E-state index contributed by atoms with van der Waals surface area (Å²) in [5, 5.41) is 17.3. The van der Waals surface area contributed by atoms with Gasteiger partial charge in [0, 0.05) is 6.07 Å². The lowest BCUT2D eigenvalue weighted by Crippen LogP contribution is -2.21. The second-order valence-corrected chi connectivity index (χ2v) is 6.46. The van der Waals surface area contributed by atoms with E-state index in [1.165, 1.54) is 24.3 Å². The van der Waals surface area contributed by atoms with Gasteiger partial charge in [0.25, 0.3) is 5.91 Å². The summed E-state index contributed by atoms with van der Waals surface area (Å²) in [5.74, 6) is -0.230. The van der Waals surface area contributed by atoms with E-state index < -0.39 is 4.92 Å². The highest BCUT2D eigenvalue weighted by Crippen LogP contribution is 2.32. The van der Waals surface area contributed by atoms with Crippen LogP contribution in [0.1, 0.15) is 12.5 Å². The molecule has 0 aromatic heterocycles. The Bertz CT molecular complexity index is 1020. The largest absolute Gasteiger partial charge is 0.490 e. The molecule has 0 radical (unpaired) electrons. The highest BCUT2D eigenvalue weighted by atomic mass is 35.5. The zero-order chi connectivity index (χ0) is 19.7. The monoisotopic (exact) mass is 405 g/mol. The smallest absolute Gasteiger partial charge is 0.311 e. The van der Waals surface area contributed by atoms with Crippen LogP contribution in [0.25, 0.3) is 6.08 Å². The number of carbonyl (C=O) groups excluding carboxylic acids is 1. The van der Waals surface area contributed by atoms with Gasteiger partial charge in [-0.3, -0.25) is 14.9 Å². The van der Waals surface area contributed by atoms with Crippen LogP contribution in [0, 0.1) is 10.1 Å². The van der Waals surface area contributed by atoms with Crippen LogP contribution in [0.4, 0.5) is 11.4 Å². The second-order valence-electron chi connectivity index (χ2n) is 5.65. The van der Waals surface area contributed by atoms with Crippen LogP contribution >= 0.6 is 23.2 Å². The van der Waals surface area contributed by atoms with Gasteiger partial charge in [0.2, 0.25) is 0 Å². The Labute approximate surface area is 164 Å². The summed E-state index contributed by atoms with van der Waals surface area (Å²) in [7, 11) is 1.35. The van der Waals surface area contributed by atoms with Crippen LogP contribution in [0.2, 0.25) is 10.0 Å². The summed E-state index contributed by atoms with van der Waals surface area (Å²) in [6, 6.07) is 9.19. The maximum absolute atomic E-state index is 12.8. The fraction of sp³-hybridized carbons (Fsp3) is 0.111. The summed E-state index contributed by atoms with van der Waals surface area (Å²) < 4.78 is 4.99. The molecule has 0 unspecified atom stereocenters. The molecule has 0 aliphatic carbocycles. The summed E-state index contributed by atoms with van der Waals surface area (Å²) >= 11 is 11.9. The number of anilines is 1. The quantitative estimate of drug-likeness (QED) is 0.418. The molecule has 0 saturated carbocycles. The zero-order valence-electron chi connectivity index (χ0n) is 14.3. The molecule has 0 spiro atoms. The van der Waals surface area contributed by atoms with Crippen LogP contribution in [-0.4, -0.2) is 23.7 Å². The minimum atomic E-state index is -0.541. The third-order valence-electron chi connectivity index (χ3n) is 3.92.